The second-order valence-corrected chi connectivity index (χ2v) is 4.99. The molecular weight excluding hydrogens is 231 g/mol. The molecule has 2 rings (SSSR count). The molecule has 4 N–H and O–H groups in total. The van der Waals surface area contributed by atoms with E-state index in [0.29, 0.717) is 18.5 Å². The normalized spacial score (nSPS) is 25.3. The maximum Gasteiger partial charge on any atom is 0.123 e. The molecule has 0 heterocycles. The van der Waals surface area contributed by atoms with Crippen LogP contribution in [0, 0.1) is 11.7 Å². The van der Waals surface area contributed by atoms with Crippen LogP contribution in [-0.2, 0) is 0 Å². The van der Waals surface area contributed by atoms with Crippen LogP contribution in [0.5, 0.6) is 0 Å². The minimum atomic E-state index is -0.233. The fourth-order valence-electron chi connectivity index (χ4n) is 2.73. The predicted molar refractivity (Wildman–Crippen MR) is 69.5 cm³/mol. The van der Waals surface area contributed by atoms with Crippen molar-refractivity contribution in [3.05, 3.63) is 35.6 Å². The van der Waals surface area contributed by atoms with E-state index in [9.17, 15) is 9.50 Å². The van der Waals surface area contributed by atoms with Gasteiger partial charge >= 0.3 is 0 Å². The summed E-state index contributed by atoms with van der Waals surface area (Å²) < 4.78 is 12.9. The Balaban J connectivity index is 2.02. The molecule has 3 atom stereocenters. The van der Waals surface area contributed by atoms with Crippen molar-refractivity contribution < 1.29 is 9.50 Å². The smallest absolute Gasteiger partial charge is 0.123 e. The summed E-state index contributed by atoms with van der Waals surface area (Å²) >= 11 is 0. The lowest BCUT2D eigenvalue weighted by Crippen LogP contribution is -2.39. The molecule has 0 aromatic heterocycles. The third-order valence-corrected chi connectivity index (χ3v) is 3.82. The van der Waals surface area contributed by atoms with Crippen molar-refractivity contribution in [3.8, 4) is 0 Å². The number of nitrogens with one attached hydrogen (secondary N) is 1. The summed E-state index contributed by atoms with van der Waals surface area (Å²) in [4.78, 5) is 0. The van der Waals surface area contributed by atoms with Gasteiger partial charge in [0.1, 0.15) is 5.82 Å². The highest BCUT2D eigenvalue weighted by Gasteiger charge is 2.28. The molecule has 1 aliphatic rings. The van der Waals surface area contributed by atoms with Gasteiger partial charge in [0.25, 0.3) is 0 Å². The fourth-order valence-corrected chi connectivity index (χ4v) is 2.73. The van der Waals surface area contributed by atoms with E-state index in [0.717, 1.165) is 24.8 Å². The van der Waals surface area contributed by atoms with Gasteiger partial charge in [-0.25, -0.2) is 4.39 Å². The molecule has 3 unspecified atom stereocenters. The van der Waals surface area contributed by atoms with E-state index in [1.54, 1.807) is 12.1 Å². The Labute approximate surface area is 107 Å². The van der Waals surface area contributed by atoms with Crippen molar-refractivity contribution in [2.24, 2.45) is 11.7 Å². The van der Waals surface area contributed by atoms with Gasteiger partial charge in [0.05, 0.1) is 0 Å². The van der Waals surface area contributed by atoms with E-state index >= 15 is 0 Å². The molecule has 1 aromatic carbocycles. The molecule has 1 aromatic rings. The molecule has 0 amide bonds. The van der Waals surface area contributed by atoms with Crippen LogP contribution in [0.2, 0.25) is 0 Å². The van der Waals surface area contributed by atoms with E-state index in [1.807, 2.05) is 0 Å². The molecule has 0 bridgehead atoms. The van der Waals surface area contributed by atoms with E-state index < -0.39 is 0 Å². The van der Waals surface area contributed by atoms with Crippen molar-refractivity contribution in [1.82, 2.24) is 5.32 Å². The monoisotopic (exact) mass is 252 g/mol. The lowest BCUT2D eigenvalue weighted by atomic mass is 10.0. The number of nitrogens with two attached hydrogens (primary N) is 1. The van der Waals surface area contributed by atoms with Crippen molar-refractivity contribution in [3.63, 3.8) is 0 Å². The van der Waals surface area contributed by atoms with Crippen molar-refractivity contribution >= 4 is 0 Å². The minimum absolute atomic E-state index is 0.0303. The zero-order valence-electron chi connectivity index (χ0n) is 10.5. The van der Waals surface area contributed by atoms with Crippen LogP contribution in [0.1, 0.15) is 30.9 Å². The number of halogens is 1. The van der Waals surface area contributed by atoms with Crippen molar-refractivity contribution in [2.45, 2.75) is 31.3 Å². The molecule has 1 aliphatic carbocycles. The maximum absolute atomic E-state index is 12.9. The van der Waals surface area contributed by atoms with Gasteiger partial charge in [-0.2, -0.15) is 0 Å². The minimum Gasteiger partial charge on any atom is -0.396 e. The van der Waals surface area contributed by atoms with E-state index in [1.165, 1.54) is 12.1 Å². The summed E-state index contributed by atoms with van der Waals surface area (Å²) in [7, 11) is 0. The Bertz CT molecular complexity index is 369. The first-order chi connectivity index (χ1) is 8.74. The predicted octanol–water partition coefficient (Wildman–Crippen LogP) is 1.58. The lowest BCUT2D eigenvalue weighted by molar-refractivity contribution is 0.200. The molecule has 0 radical (unpaired) electrons. The fraction of sp³-hybridized carbons (Fsp3) is 0.571. The first-order valence-corrected chi connectivity index (χ1v) is 6.57. The third kappa shape index (κ3) is 3.07. The number of hydrogen-bond acceptors (Lipinski definition) is 3. The Morgan fingerprint density at radius 3 is 2.67 bits per heavy atom. The summed E-state index contributed by atoms with van der Waals surface area (Å²) in [6.07, 6.45) is 3.28. The quantitative estimate of drug-likeness (QED) is 0.745. The molecule has 0 aliphatic heterocycles. The molecule has 18 heavy (non-hydrogen) atoms. The van der Waals surface area contributed by atoms with Gasteiger partial charge in [-0.3, -0.25) is 0 Å². The summed E-state index contributed by atoms with van der Waals surface area (Å²) in [5.41, 5.74) is 6.79. The number of hydrogen-bond donors (Lipinski definition) is 3. The highest BCUT2D eigenvalue weighted by molar-refractivity contribution is 5.20. The average molecular weight is 252 g/mol. The summed E-state index contributed by atoms with van der Waals surface area (Å²) in [6.45, 7) is 0.693. The maximum atomic E-state index is 12.9. The molecule has 4 heteroatoms. The summed E-state index contributed by atoms with van der Waals surface area (Å²) in [5, 5.41) is 12.8. The van der Waals surface area contributed by atoms with E-state index in [-0.39, 0.29) is 18.5 Å². The molecule has 100 valence electrons. The Kier molecular flexibility index (Phi) is 4.69. The summed E-state index contributed by atoms with van der Waals surface area (Å²) in [6, 6.07) is 6.79. The molecule has 0 spiro atoms. The highest BCUT2D eigenvalue weighted by Crippen LogP contribution is 2.27. The van der Waals surface area contributed by atoms with E-state index in [2.05, 4.69) is 5.32 Å². The highest BCUT2D eigenvalue weighted by atomic mass is 19.1. The van der Waals surface area contributed by atoms with Gasteiger partial charge in [0.15, 0.2) is 0 Å². The number of aliphatic hydroxyl groups excluding tert-OH is 1. The van der Waals surface area contributed by atoms with Crippen LogP contribution in [-0.4, -0.2) is 24.3 Å². The van der Waals surface area contributed by atoms with Crippen LogP contribution in [0.25, 0.3) is 0 Å². The van der Waals surface area contributed by atoms with Gasteiger partial charge in [-0.05, 0) is 36.5 Å². The number of benzene rings is 1. The zero-order valence-corrected chi connectivity index (χ0v) is 10.5. The second-order valence-electron chi connectivity index (χ2n) is 4.99. The van der Waals surface area contributed by atoms with Gasteiger partial charge < -0.3 is 16.2 Å². The Hall–Kier alpha value is -0.970. The SMILES string of the molecule is NCC(NC1CCCC1CO)c1ccc(F)cc1. The van der Waals surface area contributed by atoms with Crippen molar-refractivity contribution in [1.29, 1.82) is 0 Å². The molecule has 3 nitrogen and oxygen atoms in total. The van der Waals surface area contributed by atoms with Gasteiger partial charge in [0, 0.05) is 25.2 Å². The van der Waals surface area contributed by atoms with Crippen molar-refractivity contribution in [2.75, 3.05) is 13.2 Å². The van der Waals surface area contributed by atoms with Gasteiger partial charge in [0.2, 0.25) is 0 Å². The second kappa shape index (κ2) is 6.27. The zero-order chi connectivity index (χ0) is 13.0. The van der Waals surface area contributed by atoms with Crippen LogP contribution < -0.4 is 11.1 Å². The van der Waals surface area contributed by atoms with Crippen LogP contribution in [0.15, 0.2) is 24.3 Å². The molecular formula is C14H21FN2O. The molecule has 1 saturated carbocycles. The van der Waals surface area contributed by atoms with Crippen LogP contribution in [0.3, 0.4) is 0 Å². The largest absolute Gasteiger partial charge is 0.396 e. The average Bonchev–Trinajstić information content (AvgIpc) is 2.84. The van der Waals surface area contributed by atoms with Gasteiger partial charge in [-0.1, -0.05) is 18.6 Å². The van der Waals surface area contributed by atoms with Crippen LogP contribution in [0.4, 0.5) is 4.39 Å². The molecule has 0 saturated heterocycles. The molecule has 1 fully saturated rings. The first kappa shape index (κ1) is 13.5. The number of rotatable bonds is 5. The van der Waals surface area contributed by atoms with E-state index in [4.69, 9.17) is 5.73 Å². The standard InChI is InChI=1S/C14H21FN2O/c15-12-6-4-10(5-7-12)14(8-16)17-13-3-1-2-11(13)9-18/h4-7,11,13-14,17-18H,1-3,8-9,16H2. The van der Waals surface area contributed by atoms with Crippen LogP contribution >= 0.6 is 0 Å². The topological polar surface area (TPSA) is 58.3 Å². The first-order valence-electron chi connectivity index (χ1n) is 6.57. The Morgan fingerprint density at radius 2 is 2.06 bits per heavy atom. The summed E-state index contributed by atoms with van der Waals surface area (Å²) in [5.74, 6) is 0.0862. The lowest BCUT2D eigenvalue weighted by Gasteiger charge is -2.26. The third-order valence-electron chi connectivity index (χ3n) is 3.82. The Morgan fingerprint density at radius 1 is 1.33 bits per heavy atom. The van der Waals surface area contributed by atoms with Gasteiger partial charge in [-0.15, -0.1) is 0 Å². The number of aliphatic hydroxyl groups is 1.